The van der Waals surface area contributed by atoms with Crippen LogP contribution in [0.2, 0.25) is 5.02 Å². The van der Waals surface area contributed by atoms with Crippen molar-refractivity contribution in [3.8, 4) is 0 Å². The molecule has 0 unspecified atom stereocenters. The molecule has 5 N–H and O–H groups in total. The van der Waals surface area contributed by atoms with Crippen LogP contribution in [0.5, 0.6) is 0 Å². The molecule has 0 spiro atoms. The van der Waals surface area contributed by atoms with Crippen molar-refractivity contribution >= 4 is 44.8 Å². The molecule has 0 bridgehead atoms. The molecular weight excluding hydrogens is 539 g/mol. The van der Waals surface area contributed by atoms with Crippen LogP contribution < -0.4 is 15.4 Å². The third-order valence-corrected chi connectivity index (χ3v) is 7.62. The third-order valence-electron chi connectivity index (χ3n) is 5.92. The highest BCUT2D eigenvalue weighted by atomic mass is 35.5. The number of benzene rings is 2. The molecule has 1 atom stereocenters. The van der Waals surface area contributed by atoms with Crippen molar-refractivity contribution < 1.29 is 41.4 Å². The van der Waals surface area contributed by atoms with Gasteiger partial charge in [0.05, 0.1) is 21.7 Å². The van der Waals surface area contributed by atoms with Crippen LogP contribution in [0.4, 0.5) is 24.5 Å². The molecule has 2 amide bonds. The second-order valence-corrected chi connectivity index (χ2v) is 10.9. The minimum atomic E-state index is -5.24. The number of sulfonamides is 1. The lowest BCUT2D eigenvalue weighted by Crippen LogP contribution is -2.52. The lowest BCUT2D eigenvalue weighted by atomic mass is 9.93. The van der Waals surface area contributed by atoms with Crippen molar-refractivity contribution in [2.45, 2.75) is 61.4 Å². The summed E-state index contributed by atoms with van der Waals surface area (Å²) in [6.45, 7) is 0.273. The van der Waals surface area contributed by atoms with E-state index in [0.29, 0.717) is 31.2 Å². The van der Waals surface area contributed by atoms with Gasteiger partial charge < -0.3 is 20.8 Å². The topological polar surface area (TPSA) is 145 Å². The first-order valence-corrected chi connectivity index (χ1v) is 13.0. The second-order valence-electron chi connectivity index (χ2n) is 8.83. The largest absolute Gasteiger partial charge is 0.426 e. The molecule has 0 aromatic heterocycles. The zero-order valence-corrected chi connectivity index (χ0v) is 21.0. The van der Waals surface area contributed by atoms with E-state index < -0.39 is 27.7 Å². The van der Waals surface area contributed by atoms with Gasteiger partial charge in [-0.05, 0) is 75.1 Å². The number of anilines is 2. The number of carbonyl (C=O) groups is 2. The van der Waals surface area contributed by atoms with E-state index in [4.69, 9.17) is 11.6 Å². The van der Waals surface area contributed by atoms with E-state index in [0.717, 1.165) is 18.2 Å². The number of aliphatic hydroxyl groups is 2. The van der Waals surface area contributed by atoms with Crippen LogP contribution in [0.25, 0.3) is 0 Å². The highest BCUT2D eigenvalue weighted by Gasteiger charge is 2.55. The number of carbonyl (C=O) groups excluding carboxylic acids is 2. The van der Waals surface area contributed by atoms with E-state index in [1.54, 1.807) is 0 Å². The number of hydrogen-bond acceptors (Lipinski definition) is 6. The van der Waals surface area contributed by atoms with E-state index in [2.05, 4.69) is 10.0 Å². The molecule has 202 valence electrons. The predicted octanol–water partition coefficient (Wildman–Crippen LogP) is 3.43. The highest BCUT2D eigenvalue weighted by molar-refractivity contribution is 7.92. The first-order chi connectivity index (χ1) is 17.1. The van der Waals surface area contributed by atoms with Crippen LogP contribution >= 0.6 is 11.6 Å². The number of amides is 2. The molecule has 37 heavy (non-hydrogen) atoms. The number of alkyl halides is 3. The maximum atomic E-state index is 12.8. The van der Waals surface area contributed by atoms with Gasteiger partial charge >= 0.3 is 6.18 Å². The van der Waals surface area contributed by atoms with Crippen LogP contribution in [-0.4, -0.2) is 54.4 Å². The molecule has 9 nitrogen and oxygen atoms in total. The minimum Gasteiger partial charge on any atom is -0.393 e. The van der Waals surface area contributed by atoms with Crippen molar-refractivity contribution in [1.29, 1.82) is 0 Å². The normalized spacial score (nSPS) is 20.0. The molecule has 1 aliphatic carbocycles. The minimum absolute atomic E-state index is 0.0498. The standard InChI is InChI=1S/C23H25ClF3N3O6S/c1-22(34,23(25,26)27)21(33)29-19-11-10-17(12-18(19)24)37(35,36)30-15-4-2-13(3-5-15)20(32)28-14-6-8-16(31)9-7-14/h2-5,10-12,14,16,30-31,34H,6-9H2,1H3,(H,28,32)(H,29,33)/t14-,16-,22-/m1/s1. The Morgan fingerprint density at radius 1 is 1.03 bits per heavy atom. The molecule has 3 rings (SSSR count). The number of hydrogen-bond donors (Lipinski definition) is 5. The van der Waals surface area contributed by atoms with Gasteiger partial charge in [0.15, 0.2) is 0 Å². The molecule has 1 aliphatic rings. The molecule has 14 heteroatoms. The predicted molar refractivity (Wildman–Crippen MR) is 130 cm³/mol. The quantitative estimate of drug-likeness (QED) is 0.349. The number of halogens is 4. The van der Waals surface area contributed by atoms with Gasteiger partial charge in [0, 0.05) is 17.3 Å². The monoisotopic (exact) mass is 563 g/mol. The highest BCUT2D eigenvalue weighted by Crippen LogP contribution is 2.33. The summed E-state index contributed by atoms with van der Waals surface area (Å²) in [6, 6.07) is 8.50. The lowest BCUT2D eigenvalue weighted by Gasteiger charge is -2.26. The Morgan fingerprint density at radius 3 is 2.16 bits per heavy atom. The van der Waals surface area contributed by atoms with Crippen LogP contribution in [0.3, 0.4) is 0 Å². The Labute approximate surface area is 216 Å². The average Bonchev–Trinajstić information content (AvgIpc) is 2.81. The first-order valence-electron chi connectivity index (χ1n) is 11.1. The average molecular weight is 564 g/mol. The molecule has 2 aromatic carbocycles. The molecule has 1 saturated carbocycles. The maximum absolute atomic E-state index is 12.8. The van der Waals surface area contributed by atoms with Crippen LogP contribution in [0, 0.1) is 0 Å². The lowest BCUT2D eigenvalue weighted by molar-refractivity contribution is -0.242. The van der Waals surface area contributed by atoms with E-state index in [-0.39, 0.29) is 46.3 Å². The Balaban J connectivity index is 1.66. The first kappa shape index (κ1) is 28.7. The van der Waals surface area contributed by atoms with Gasteiger partial charge in [-0.1, -0.05) is 11.6 Å². The van der Waals surface area contributed by atoms with Crippen molar-refractivity contribution in [2.24, 2.45) is 0 Å². The molecule has 1 fully saturated rings. The molecule has 2 aromatic rings. The Kier molecular flexibility index (Phi) is 8.42. The molecular formula is C23H25ClF3N3O6S. The van der Waals surface area contributed by atoms with E-state index in [9.17, 15) is 41.4 Å². The van der Waals surface area contributed by atoms with Crippen LogP contribution in [-0.2, 0) is 14.8 Å². The summed E-state index contributed by atoms with van der Waals surface area (Å²) in [6.07, 6.45) is -3.05. The SMILES string of the molecule is C[C@@](O)(C(=O)Nc1ccc(S(=O)(=O)Nc2ccc(C(=O)N[C@H]3CC[C@H](O)CC3)cc2)cc1Cl)C(F)(F)F. The number of nitrogens with one attached hydrogen (secondary N) is 3. The summed E-state index contributed by atoms with van der Waals surface area (Å²) in [4.78, 5) is 23.9. The fraction of sp³-hybridized carbons (Fsp3) is 0.391. The van der Waals surface area contributed by atoms with Crippen molar-refractivity contribution in [2.75, 3.05) is 10.0 Å². The summed E-state index contributed by atoms with van der Waals surface area (Å²) in [5, 5.41) is 23.3. The van der Waals surface area contributed by atoms with Gasteiger partial charge in [-0.15, -0.1) is 0 Å². The van der Waals surface area contributed by atoms with Crippen molar-refractivity contribution in [3.05, 3.63) is 53.1 Å². The fourth-order valence-electron chi connectivity index (χ4n) is 3.53. The van der Waals surface area contributed by atoms with E-state index in [1.165, 1.54) is 24.3 Å². The summed E-state index contributed by atoms with van der Waals surface area (Å²) in [7, 11) is -4.19. The van der Waals surface area contributed by atoms with Gasteiger partial charge in [-0.2, -0.15) is 13.2 Å². The molecule has 0 radical (unpaired) electrons. The fourth-order valence-corrected chi connectivity index (χ4v) is 4.91. The van der Waals surface area contributed by atoms with Gasteiger partial charge in [0.1, 0.15) is 0 Å². The summed E-state index contributed by atoms with van der Waals surface area (Å²) in [5.74, 6) is -2.12. The summed E-state index contributed by atoms with van der Waals surface area (Å²) in [5.41, 5.74) is -3.58. The van der Waals surface area contributed by atoms with Gasteiger partial charge in [-0.25, -0.2) is 8.42 Å². The van der Waals surface area contributed by atoms with Gasteiger partial charge in [0.25, 0.3) is 21.8 Å². The second kappa shape index (κ2) is 10.9. The zero-order chi connectivity index (χ0) is 27.6. The third kappa shape index (κ3) is 6.92. The summed E-state index contributed by atoms with van der Waals surface area (Å²) >= 11 is 5.96. The van der Waals surface area contributed by atoms with Crippen LogP contribution in [0.15, 0.2) is 47.4 Å². The number of rotatable bonds is 7. The van der Waals surface area contributed by atoms with Gasteiger partial charge in [0.2, 0.25) is 5.60 Å². The van der Waals surface area contributed by atoms with E-state index >= 15 is 0 Å². The molecule has 0 heterocycles. The van der Waals surface area contributed by atoms with Gasteiger partial charge in [-0.3, -0.25) is 14.3 Å². The van der Waals surface area contributed by atoms with Crippen molar-refractivity contribution in [3.63, 3.8) is 0 Å². The zero-order valence-electron chi connectivity index (χ0n) is 19.5. The molecule has 0 saturated heterocycles. The van der Waals surface area contributed by atoms with Crippen LogP contribution in [0.1, 0.15) is 43.0 Å². The maximum Gasteiger partial charge on any atom is 0.426 e. The Hall–Kier alpha value is -2.87. The smallest absolute Gasteiger partial charge is 0.393 e. The number of aliphatic hydroxyl groups excluding tert-OH is 1. The summed E-state index contributed by atoms with van der Waals surface area (Å²) < 4.78 is 66.3. The Bertz CT molecular complexity index is 1260. The van der Waals surface area contributed by atoms with Crippen molar-refractivity contribution in [1.82, 2.24) is 5.32 Å². The molecule has 0 aliphatic heterocycles. The van der Waals surface area contributed by atoms with E-state index in [1.807, 2.05) is 5.32 Å². The Morgan fingerprint density at radius 2 is 1.62 bits per heavy atom.